The molecule has 0 amide bonds. The molecule has 2 rings (SSSR count). The molecule has 0 aromatic carbocycles. The van der Waals surface area contributed by atoms with Crippen molar-refractivity contribution in [2.45, 2.75) is 39.5 Å². The second-order valence-electron chi connectivity index (χ2n) is 4.54. The summed E-state index contributed by atoms with van der Waals surface area (Å²) in [6.45, 7) is 4.24. The molecule has 0 saturated carbocycles. The highest BCUT2D eigenvalue weighted by atomic mass is 15.1. The molecule has 18 heavy (non-hydrogen) atoms. The maximum atomic E-state index is 5.91. The van der Waals surface area contributed by atoms with E-state index in [-0.39, 0.29) is 0 Å². The molecule has 2 aromatic heterocycles. The molecule has 2 heterocycles. The molecule has 2 aromatic rings. The topological polar surface area (TPSA) is 43.3 Å². The quantitative estimate of drug-likeness (QED) is 0.662. The van der Waals surface area contributed by atoms with Gasteiger partial charge in [-0.1, -0.05) is 31.8 Å². The first-order chi connectivity index (χ1) is 8.72. The first-order valence-corrected chi connectivity index (χ1v) is 6.45. The van der Waals surface area contributed by atoms with Gasteiger partial charge in [0.15, 0.2) is 5.82 Å². The molecule has 0 saturated heterocycles. The third-order valence-corrected chi connectivity index (χ3v) is 2.91. The van der Waals surface area contributed by atoms with Crippen LogP contribution in [-0.2, 0) is 0 Å². The second-order valence-corrected chi connectivity index (χ2v) is 4.54. The summed E-state index contributed by atoms with van der Waals surface area (Å²) in [6, 6.07) is 3.99. The average molecular weight is 241 g/mol. The van der Waals surface area contributed by atoms with Crippen LogP contribution in [0.1, 0.15) is 43.9 Å². The Kier molecular flexibility index (Phi) is 3.88. The van der Waals surface area contributed by atoms with Crippen molar-refractivity contribution in [1.29, 1.82) is 0 Å². The van der Waals surface area contributed by atoms with Gasteiger partial charge in [0.05, 0.1) is 0 Å². The summed E-state index contributed by atoms with van der Waals surface area (Å²) in [5.41, 5.74) is 8.75. The van der Waals surface area contributed by atoms with Crippen LogP contribution in [0, 0.1) is 18.8 Å². The highest BCUT2D eigenvalue weighted by molar-refractivity contribution is 5.58. The van der Waals surface area contributed by atoms with E-state index < -0.39 is 0 Å². The van der Waals surface area contributed by atoms with Crippen LogP contribution in [0.3, 0.4) is 0 Å². The zero-order chi connectivity index (χ0) is 13.0. The molecule has 94 valence electrons. The minimum absolute atomic E-state index is 0.517. The summed E-state index contributed by atoms with van der Waals surface area (Å²) in [6.07, 6.45) is 6.55. The molecule has 0 radical (unpaired) electrons. The minimum atomic E-state index is 0.517. The number of nitrogens with two attached hydrogens (primary N) is 1. The van der Waals surface area contributed by atoms with Gasteiger partial charge >= 0.3 is 0 Å². The molecule has 0 unspecified atom stereocenters. The number of pyridine rings is 1. The van der Waals surface area contributed by atoms with Crippen LogP contribution in [0.25, 0.3) is 5.65 Å². The van der Waals surface area contributed by atoms with Gasteiger partial charge in [-0.2, -0.15) is 0 Å². The van der Waals surface area contributed by atoms with Gasteiger partial charge in [-0.05, 0) is 30.9 Å². The number of imidazole rings is 1. The molecular formula is C15H19N3. The van der Waals surface area contributed by atoms with E-state index in [4.69, 9.17) is 5.73 Å². The van der Waals surface area contributed by atoms with Crippen molar-refractivity contribution in [3.8, 4) is 11.8 Å². The molecule has 0 fully saturated rings. The van der Waals surface area contributed by atoms with Crippen molar-refractivity contribution in [1.82, 2.24) is 9.38 Å². The monoisotopic (exact) mass is 241 g/mol. The van der Waals surface area contributed by atoms with Crippen molar-refractivity contribution in [2.75, 3.05) is 5.73 Å². The number of aryl methyl sites for hydroxylation is 1. The largest absolute Gasteiger partial charge is 0.381 e. The zero-order valence-electron chi connectivity index (χ0n) is 11.0. The fraction of sp³-hybridized carbons (Fsp3) is 0.400. The molecule has 0 atom stereocenters. The standard InChI is InChI=1S/C15H19N3/c1-3-4-5-6-7-8-13-15(16)17-14-10-9-12(2)11-18(13)14/h9-11H,3-6,16H2,1-2H3. The number of unbranched alkanes of at least 4 members (excludes halogenated alkanes) is 3. The maximum absolute atomic E-state index is 5.91. The summed E-state index contributed by atoms with van der Waals surface area (Å²) < 4.78 is 1.97. The Morgan fingerprint density at radius 3 is 2.94 bits per heavy atom. The fourth-order valence-corrected chi connectivity index (χ4v) is 1.90. The van der Waals surface area contributed by atoms with E-state index in [1.54, 1.807) is 0 Å². The lowest BCUT2D eigenvalue weighted by molar-refractivity contribution is 0.737. The van der Waals surface area contributed by atoms with Crippen molar-refractivity contribution in [3.05, 3.63) is 29.6 Å². The highest BCUT2D eigenvalue weighted by Gasteiger charge is 2.06. The van der Waals surface area contributed by atoms with Crippen LogP contribution >= 0.6 is 0 Å². The number of fused-ring (bicyclic) bond motifs is 1. The van der Waals surface area contributed by atoms with Gasteiger partial charge in [-0.3, -0.25) is 4.40 Å². The number of nitrogen functional groups attached to an aromatic ring is 1. The van der Waals surface area contributed by atoms with Crippen LogP contribution < -0.4 is 5.73 Å². The minimum Gasteiger partial charge on any atom is -0.381 e. The van der Waals surface area contributed by atoms with Crippen molar-refractivity contribution >= 4 is 11.5 Å². The van der Waals surface area contributed by atoms with Crippen LogP contribution in [0.4, 0.5) is 5.82 Å². The lowest BCUT2D eigenvalue weighted by Gasteiger charge is -1.97. The van der Waals surface area contributed by atoms with E-state index in [1.807, 2.05) is 29.7 Å². The molecule has 3 nitrogen and oxygen atoms in total. The van der Waals surface area contributed by atoms with E-state index in [0.29, 0.717) is 5.82 Å². The second kappa shape index (κ2) is 5.59. The Hall–Kier alpha value is -1.95. The predicted molar refractivity (Wildman–Crippen MR) is 75.4 cm³/mol. The molecular weight excluding hydrogens is 222 g/mol. The van der Waals surface area contributed by atoms with Crippen LogP contribution in [0.15, 0.2) is 18.3 Å². The normalized spacial score (nSPS) is 10.3. The first-order valence-electron chi connectivity index (χ1n) is 6.45. The third kappa shape index (κ3) is 2.65. The van der Waals surface area contributed by atoms with E-state index >= 15 is 0 Å². The smallest absolute Gasteiger partial charge is 0.159 e. The first kappa shape index (κ1) is 12.5. The number of rotatable bonds is 3. The molecule has 0 aliphatic heterocycles. The van der Waals surface area contributed by atoms with Gasteiger partial charge in [0.2, 0.25) is 0 Å². The molecule has 0 aliphatic rings. The van der Waals surface area contributed by atoms with Gasteiger partial charge in [-0.15, -0.1) is 0 Å². The maximum Gasteiger partial charge on any atom is 0.159 e. The zero-order valence-corrected chi connectivity index (χ0v) is 11.0. The Balaban J connectivity index is 2.26. The summed E-state index contributed by atoms with van der Waals surface area (Å²) in [5.74, 6) is 6.85. The van der Waals surface area contributed by atoms with E-state index in [2.05, 4.69) is 23.7 Å². The van der Waals surface area contributed by atoms with Gasteiger partial charge in [0.25, 0.3) is 0 Å². The Morgan fingerprint density at radius 2 is 2.17 bits per heavy atom. The fourth-order valence-electron chi connectivity index (χ4n) is 1.90. The summed E-state index contributed by atoms with van der Waals surface area (Å²) in [5, 5.41) is 0. The average Bonchev–Trinajstić information content (AvgIpc) is 2.65. The summed E-state index contributed by atoms with van der Waals surface area (Å²) in [7, 11) is 0. The van der Waals surface area contributed by atoms with Crippen LogP contribution in [0.2, 0.25) is 0 Å². The van der Waals surface area contributed by atoms with Crippen molar-refractivity contribution in [2.24, 2.45) is 0 Å². The van der Waals surface area contributed by atoms with Crippen molar-refractivity contribution in [3.63, 3.8) is 0 Å². The highest BCUT2D eigenvalue weighted by Crippen LogP contribution is 2.14. The predicted octanol–water partition coefficient (Wildman–Crippen LogP) is 3.16. The number of hydrogen-bond donors (Lipinski definition) is 1. The van der Waals surface area contributed by atoms with Crippen LogP contribution in [0.5, 0.6) is 0 Å². The van der Waals surface area contributed by atoms with Crippen molar-refractivity contribution < 1.29 is 0 Å². The lowest BCUT2D eigenvalue weighted by atomic mass is 10.2. The van der Waals surface area contributed by atoms with E-state index in [1.165, 1.54) is 18.4 Å². The van der Waals surface area contributed by atoms with Crippen LogP contribution in [-0.4, -0.2) is 9.38 Å². The number of hydrogen-bond acceptors (Lipinski definition) is 2. The Morgan fingerprint density at radius 1 is 1.33 bits per heavy atom. The Bertz CT molecular complexity index is 599. The molecule has 2 N–H and O–H groups in total. The molecule has 0 bridgehead atoms. The SMILES string of the molecule is CCCCCC#Cc1c(N)nc2ccc(C)cn12. The van der Waals surface area contributed by atoms with Gasteiger partial charge in [0, 0.05) is 12.6 Å². The number of anilines is 1. The molecule has 0 aliphatic carbocycles. The van der Waals surface area contributed by atoms with E-state index in [9.17, 15) is 0 Å². The van der Waals surface area contributed by atoms with Gasteiger partial charge < -0.3 is 5.73 Å². The van der Waals surface area contributed by atoms with E-state index in [0.717, 1.165) is 24.2 Å². The van der Waals surface area contributed by atoms with Gasteiger partial charge in [0.1, 0.15) is 11.3 Å². The molecule has 0 spiro atoms. The third-order valence-electron chi connectivity index (χ3n) is 2.91. The number of nitrogens with zero attached hydrogens (tertiary/aromatic N) is 2. The number of aromatic nitrogens is 2. The van der Waals surface area contributed by atoms with Gasteiger partial charge in [-0.25, -0.2) is 4.98 Å². The lowest BCUT2D eigenvalue weighted by Crippen LogP contribution is -1.92. The summed E-state index contributed by atoms with van der Waals surface area (Å²) in [4.78, 5) is 4.31. The summed E-state index contributed by atoms with van der Waals surface area (Å²) >= 11 is 0. The Labute approximate surface area is 108 Å². The molecule has 3 heteroatoms.